The van der Waals surface area contributed by atoms with Crippen LogP contribution in [0.4, 0.5) is 4.79 Å². The van der Waals surface area contributed by atoms with Crippen LogP contribution in [0.25, 0.3) is 0 Å². The zero-order valence-corrected chi connectivity index (χ0v) is 13.6. The fraction of sp³-hybridized carbons (Fsp3) is 0.500. The van der Waals surface area contributed by atoms with E-state index in [9.17, 15) is 14.4 Å². The molecule has 1 aliphatic rings. The molecule has 0 unspecified atom stereocenters. The first-order chi connectivity index (χ1) is 11.0. The van der Waals surface area contributed by atoms with Gasteiger partial charge in [-0.2, -0.15) is 0 Å². The zero-order chi connectivity index (χ0) is 16.9. The summed E-state index contributed by atoms with van der Waals surface area (Å²) in [7, 11) is 1.28. The quantitative estimate of drug-likeness (QED) is 0.819. The van der Waals surface area contributed by atoms with E-state index in [1.165, 1.54) is 14.0 Å². The van der Waals surface area contributed by atoms with Gasteiger partial charge in [0.15, 0.2) is 0 Å². The Balaban J connectivity index is 2.23. The number of rotatable bonds is 6. The van der Waals surface area contributed by atoms with Crippen LogP contribution in [0, 0.1) is 5.41 Å². The van der Waals surface area contributed by atoms with Gasteiger partial charge in [-0.1, -0.05) is 30.3 Å². The summed E-state index contributed by atoms with van der Waals surface area (Å²) in [6, 6.07) is 9.27. The molecule has 0 radical (unpaired) electrons. The molecular formula is C18H23NO4. The van der Waals surface area contributed by atoms with Crippen molar-refractivity contribution >= 4 is 17.7 Å². The molecule has 0 aromatic heterocycles. The molecule has 1 saturated carbocycles. The largest absolute Gasteiger partial charge is 0.453 e. The van der Waals surface area contributed by atoms with Gasteiger partial charge in [0.25, 0.3) is 0 Å². The molecule has 0 heterocycles. The van der Waals surface area contributed by atoms with Crippen LogP contribution in [-0.4, -0.2) is 30.8 Å². The van der Waals surface area contributed by atoms with Gasteiger partial charge in [-0.05, 0) is 38.2 Å². The first-order valence-corrected chi connectivity index (χ1v) is 7.93. The first-order valence-electron chi connectivity index (χ1n) is 7.93. The van der Waals surface area contributed by atoms with Gasteiger partial charge in [0.05, 0.1) is 13.2 Å². The van der Waals surface area contributed by atoms with Crippen molar-refractivity contribution in [3.63, 3.8) is 0 Å². The summed E-state index contributed by atoms with van der Waals surface area (Å²) < 4.78 is 4.68. The molecule has 2 atom stereocenters. The van der Waals surface area contributed by atoms with Crippen LogP contribution in [0.2, 0.25) is 0 Å². The lowest BCUT2D eigenvalue weighted by Crippen LogP contribution is -2.54. The molecule has 1 N–H and O–H groups in total. The summed E-state index contributed by atoms with van der Waals surface area (Å²) in [6.07, 6.45) is 2.16. The van der Waals surface area contributed by atoms with E-state index in [2.05, 4.69) is 10.1 Å². The van der Waals surface area contributed by atoms with Crippen LogP contribution in [0.5, 0.6) is 0 Å². The van der Waals surface area contributed by atoms with Crippen molar-refractivity contribution in [1.29, 1.82) is 0 Å². The standard InChI is InChI=1S/C18H23NO4/c1-13(20)18(12-6-9-16(18)21)15(19-17(22)23-2)11-10-14-7-4-3-5-8-14/h3-5,7-8,15H,6,9-12H2,1-2H3,(H,19,22)/t15-,18+/m0/s1. The van der Waals surface area contributed by atoms with E-state index < -0.39 is 17.6 Å². The Bertz CT molecular complexity index is 584. The van der Waals surface area contributed by atoms with Crippen LogP contribution < -0.4 is 5.32 Å². The minimum absolute atomic E-state index is 0.0699. The van der Waals surface area contributed by atoms with Gasteiger partial charge >= 0.3 is 6.09 Å². The number of hydrogen-bond donors (Lipinski definition) is 1. The number of carbonyl (C=O) groups excluding carboxylic acids is 3. The predicted molar refractivity (Wildman–Crippen MR) is 86.1 cm³/mol. The topological polar surface area (TPSA) is 72.5 Å². The van der Waals surface area contributed by atoms with Crippen molar-refractivity contribution in [3.05, 3.63) is 35.9 Å². The van der Waals surface area contributed by atoms with Crippen LogP contribution in [0.15, 0.2) is 30.3 Å². The Labute approximate surface area is 136 Å². The predicted octanol–water partition coefficient (Wildman–Crippen LogP) is 2.67. The Morgan fingerprint density at radius 1 is 1.30 bits per heavy atom. The lowest BCUT2D eigenvalue weighted by Gasteiger charge is -2.34. The van der Waals surface area contributed by atoms with Crippen molar-refractivity contribution in [2.24, 2.45) is 5.41 Å². The summed E-state index contributed by atoms with van der Waals surface area (Å²) in [5, 5.41) is 2.73. The molecule has 1 fully saturated rings. The monoisotopic (exact) mass is 317 g/mol. The highest BCUT2D eigenvalue weighted by atomic mass is 16.5. The number of hydrogen-bond acceptors (Lipinski definition) is 4. The maximum Gasteiger partial charge on any atom is 0.407 e. The first kappa shape index (κ1) is 17.2. The summed E-state index contributed by atoms with van der Waals surface area (Å²) in [5.74, 6) is -0.242. The van der Waals surface area contributed by atoms with E-state index in [1.807, 2.05) is 30.3 Å². The third-order valence-corrected chi connectivity index (χ3v) is 4.74. The van der Waals surface area contributed by atoms with E-state index in [4.69, 9.17) is 0 Å². The smallest absolute Gasteiger partial charge is 0.407 e. The SMILES string of the molecule is COC(=O)N[C@@H](CCc1ccccc1)[C@]1(C(C)=O)CCCC1=O. The molecule has 1 aromatic carbocycles. The summed E-state index contributed by atoms with van der Waals surface area (Å²) in [5.41, 5.74) is -0.00324. The van der Waals surface area contributed by atoms with E-state index in [0.717, 1.165) is 5.56 Å². The highest BCUT2D eigenvalue weighted by molar-refractivity contribution is 6.08. The van der Waals surface area contributed by atoms with Crippen molar-refractivity contribution in [2.75, 3.05) is 7.11 Å². The van der Waals surface area contributed by atoms with Crippen LogP contribution >= 0.6 is 0 Å². The van der Waals surface area contributed by atoms with Gasteiger partial charge < -0.3 is 10.1 Å². The third-order valence-electron chi connectivity index (χ3n) is 4.74. The number of aryl methyl sites for hydroxylation is 1. The molecule has 0 spiro atoms. The van der Waals surface area contributed by atoms with Gasteiger partial charge in [-0.3, -0.25) is 9.59 Å². The number of Topliss-reactive ketones (excluding diaryl/α,β-unsaturated/α-hetero) is 2. The van der Waals surface area contributed by atoms with Gasteiger partial charge in [-0.15, -0.1) is 0 Å². The molecule has 0 bridgehead atoms. The average Bonchev–Trinajstić information content (AvgIpc) is 2.94. The number of methoxy groups -OCH3 is 1. The second-order valence-electron chi connectivity index (χ2n) is 6.02. The van der Waals surface area contributed by atoms with Crippen molar-refractivity contribution < 1.29 is 19.1 Å². The molecular weight excluding hydrogens is 294 g/mol. The minimum atomic E-state index is -1.11. The summed E-state index contributed by atoms with van der Waals surface area (Å²) >= 11 is 0. The van der Waals surface area contributed by atoms with Crippen molar-refractivity contribution in [1.82, 2.24) is 5.32 Å². The molecule has 1 amide bonds. The number of benzene rings is 1. The second kappa shape index (κ2) is 7.40. The highest BCUT2D eigenvalue weighted by Gasteiger charge is 2.52. The molecule has 2 rings (SSSR count). The number of carbonyl (C=O) groups is 3. The number of amides is 1. The van der Waals surface area contributed by atoms with Crippen LogP contribution in [-0.2, 0) is 20.7 Å². The molecule has 0 aliphatic heterocycles. The van der Waals surface area contributed by atoms with E-state index >= 15 is 0 Å². The third kappa shape index (κ3) is 3.60. The Morgan fingerprint density at radius 3 is 2.52 bits per heavy atom. The molecule has 5 nitrogen and oxygen atoms in total. The Morgan fingerprint density at radius 2 is 2.00 bits per heavy atom. The maximum absolute atomic E-state index is 12.4. The Kier molecular flexibility index (Phi) is 5.53. The summed E-state index contributed by atoms with van der Waals surface area (Å²) in [4.78, 5) is 36.4. The van der Waals surface area contributed by atoms with Crippen molar-refractivity contribution in [2.45, 2.75) is 45.1 Å². The van der Waals surface area contributed by atoms with Crippen molar-refractivity contribution in [3.8, 4) is 0 Å². The van der Waals surface area contributed by atoms with E-state index in [-0.39, 0.29) is 11.6 Å². The Hall–Kier alpha value is -2.17. The normalized spacial score (nSPS) is 21.7. The van der Waals surface area contributed by atoms with Gasteiger partial charge in [-0.25, -0.2) is 4.79 Å². The molecule has 1 aliphatic carbocycles. The fourth-order valence-electron chi connectivity index (χ4n) is 3.48. The molecule has 124 valence electrons. The summed E-state index contributed by atoms with van der Waals surface area (Å²) in [6.45, 7) is 1.44. The van der Waals surface area contributed by atoms with E-state index in [0.29, 0.717) is 32.1 Å². The number of ether oxygens (including phenoxy) is 1. The molecule has 1 aromatic rings. The average molecular weight is 317 g/mol. The lowest BCUT2D eigenvalue weighted by atomic mass is 9.72. The van der Waals surface area contributed by atoms with Gasteiger partial charge in [0.2, 0.25) is 0 Å². The van der Waals surface area contributed by atoms with Crippen LogP contribution in [0.3, 0.4) is 0 Å². The van der Waals surface area contributed by atoms with Crippen LogP contribution in [0.1, 0.15) is 38.2 Å². The molecule has 5 heteroatoms. The number of nitrogens with one attached hydrogen (secondary N) is 1. The lowest BCUT2D eigenvalue weighted by molar-refractivity contribution is -0.139. The number of ketones is 2. The second-order valence-corrected chi connectivity index (χ2v) is 6.02. The fourth-order valence-corrected chi connectivity index (χ4v) is 3.48. The van der Waals surface area contributed by atoms with Gasteiger partial charge in [0.1, 0.15) is 17.0 Å². The zero-order valence-electron chi connectivity index (χ0n) is 13.6. The minimum Gasteiger partial charge on any atom is -0.453 e. The van der Waals surface area contributed by atoms with Gasteiger partial charge in [0, 0.05) is 6.42 Å². The number of alkyl carbamates (subject to hydrolysis) is 1. The van der Waals surface area contributed by atoms with E-state index in [1.54, 1.807) is 0 Å². The molecule has 23 heavy (non-hydrogen) atoms. The highest BCUT2D eigenvalue weighted by Crippen LogP contribution is 2.40. The maximum atomic E-state index is 12.4. The molecule has 0 saturated heterocycles.